The topological polar surface area (TPSA) is 95.9 Å². The number of hydrogen-bond acceptors (Lipinski definition) is 4. The van der Waals surface area contributed by atoms with Gasteiger partial charge in [-0.25, -0.2) is 18.4 Å². The van der Waals surface area contributed by atoms with Crippen molar-refractivity contribution in [2.45, 2.75) is 50.6 Å². The highest BCUT2D eigenvalue weighted by Gasteiger charge is 2.39. The molecule has 0 aromatic heterocycles. The highest BCUT2D eigenvalue weighted by atomic mass is 19.3. The Morgan fingerprint density at radius 3 is 2.26 bits per heavy atom. The van der Waals surface area contributed by atoms with Crippen molar-refractivity contribution in [3.63, 3.8) is 0 Å². The van der Waals surface area contributed by atoms with Crippen molar-refractivity contribution < 1.29 is 33.0 Å². The average Bonchev–Trinajstić information content (AvgIpc) is 3.15. The molecule has 0 bridgehead atoms. The standard InChI is InChI=1S/C26H28F2N2O5/c1-15-7-6-12-30(23(15)25(32)33)22(31)13-21(24(27)28)29-26(34)35-14-20-18-10-4-2-8-16(18)17-9-3-5-11-19(17)20/h2-5,8-11,15,20-21,23-24H,6-7,12-14H2,1H3,(H,29,34)(H,32,33). The number of carbonyl (C=O) groups excluding carboxylic acids is 2. The van der Waals surface area contributed by atoms with Crippen LogP contribution in [0.4, 0.5) is 13.6 Å². The van der Waals surface area contributed by atoms with E-state index >= 15 is 0 Å². The number of nitrogens with zero attached hydrogens (tertiary/aromatic N) is 1. The molecule has 0 saturated carbocycles. The molecule has 1 aliphatic carbocycles. The van der Waals surface area contributed by atoms with Crippen LogP contribution >= 0.6 is 0 Å². The van der Waals surface area contributed by atoms with Crippen LogP contribution in [0.2, 0.25) is 0 Å². The van der Waals surface area contributed by atoms with E-state index in [0.29, 0.717) is 12.8 Å². The molecule has 9 heteroatoms. The van der Waals surface area contributed by atoms with Gasteiger partial charge in [-0.1, -0.05) is 55.5 Å². The van der Waals surface area contributed by atoms with Gasteiger partial charge in [-0.3, -0.25) is 4.79 Å². The van der Waals surface area contributed by atoms with E-state index < -0.39 is 42.9 Å². The van der Waals surface area contributed by atoms with Crippen LogP contribution in [0.1, 0.15) is 43.2 Å². The van der Waals surface area contributed by atoms with Gasteiger partial charge in [0.25, 0.3) is 6.43 Å². The van der Waals surface area contributed by atoms with Crippen LogP contribution in [-0.2, 0) is 14.3 Å². The molecule has 1 heterocycles. The van der Waals surface area contributed by atoms with Crippen LogP contribution in [0.3, 0.4) is 0 Å². The number of benzene rings is 2. The quantitative estimate of drug-likeness (QED) is 0.610. The Labute approximate surface area is 202 Å². The van der Waals surface area contributed by atoms with Crippen molar-refractivity contribution in [3.8, 4) is 11.1 Å². The van der Waals surface area contributed by atoms with E-state index in [2.05, 4.69) is 5.32 Å². The Balaban J connectivity index is 1.39. The first-order chi connectivity index (χ1) is 16.8. The number of alkyl halides is 2. The Hall–Kier alpha value is -3.49. The van der Waals surface area contributed by atoms with Crippen LogP contribution in [-0.4, -0.2) is 59.6 Å². The molecule has 3 unspecified atom stereocenters. The molecule has 0 radical (unpaired) electrons. The van der Waals surface area contributed by atoms with Crippen LogP contribution in [0.15, 0.2) is 48.5 Å². The third-order valence-electron chi connectivity index (χ3n) is 6.85. The van der Waals surface area contributed by atoms with E-state index in [0.717, 1.165) is 27.2 Å². The molecule has 2 aliphatic rings. The molecule has 2 amide bonds. The summed E-state index contributed by atoms with van der Waals surface area (Å²) in [6, 6.07) is 12.6. The van der Waals surface area contributed by atoms with Crippen molar-refractivity contribution in [3.05, 3.63) is 59.7 Å². The van der Waals surface area contributed by atoms with Gasteiger partial charge in [0.05, 0.1) is 6.42 Å². The lowest BCUT2D eigenvalue weighted by molar-refractivity contribution is -0.155. The summed E-state index contributed by atoms with van der Waals surface area (Å²) in [4.78, 5) is 37.9. The van der Waals surface area contributed by atoms with Gasteiger partial charge >= 0.3 is 12.1 Å². The number of carboxylic acid groups (broad SMARTS) is 1. The number of halogens is 2. The zero-order chi connectivity index (χ0) is 25.1. The van der Waals surface area contributed by atoms with Crippen molar-refractivity contribution in [2.24, 2.45) is 5.92 Å². The Bertz CT molecular complexity index is 1060. The first-order valence-electron chi connectivity index (χ1n) is 11.7. The van der Waals surface area contributed by atoms with Gasteiger partial charge in [0.2, 0.25) is 5.91 Å². The number of ether oxygens (including phenoxy) is 1. The van der Waals surface area contributed by atoms with Crippen molar-refractivity contribution >= 4 is 18.0 Å². The van der Waals surface area contributed by atoms with Crippen LogP contribution in [0.5, 0.6) is 0 Å². The monoisotopic (exact) mass is 486 g/mol. The minimum Gasteiger partial charge on any atom is -0.480 e. The number of fused-ring (bicyclic) bond motifs is 3. The molecule has 35 heavy (non-hydrogen) atoms. The number of likely N-dealkylation sites (tertiary alicyclic amines) is 1. The maximum atomic E-state index is 13.7. The predicted octanol–water partition coefficient (Wildman–Crippen LogP) is 4.26. The van der Waals surface area contributed by atoms with Gasteiger partial charge in [-0.15, -0.1) is 0 Å². The zero-order valence-electron chi connectivity index (χ0n) is 19.3. The van der Waals surface area contributed by atoms with Gasteiger partial charge in [0, 0.05) is 12.5 Å². The predicted molar refractivity (Wildman–Crippen MR) is 124 cm³/mol. The molecule has 7 nitrogen and oxygen atoms in total. The highest BCUT2D eigenvalue weighted by molar-refractivity contribution is 5.85. The number of hydrogen-bond donors (Lipinski definition) is 2. The second-order valence-corrected chi connectivity index (χ2v) is 9.10. The molecular formula is C26H28F2N2O5. The first-order valence-corrected chi connectivity index (χ1v) is 11.7. The van der Waals surface area contributed by atoms with Crippen molar-refractivity contribution in [1.82, 2.24) is 10.2 Å². The summed E-state index contributed by atoms with van der Waals surface area (Å²) in [6.07, 6.45) is -3.55. The van der Waals surface area contributed by atoms with E-state index in [-0.39, 0.29) is 25.0 Å². The minimum absolute atomic E-state index is 0.0471. The van der Waals surface area contributed by atoms with E-state index in [4.69, 9.17) is 4.74 Å². The molecule has 1 saturated heterocycles. The largest absolute Gasteiger partial charge is 0.480 e. The maximum Gasteiger partial charge on any atom is 0.407 e. The third-order valence-corrected chi connectivity index (χ3v) is 6.85. The van der Waals surface area contributed by atoms with Crippen molar-refractivity contribution in [2.75, 3.05) is 13.2 Å². The molecule has 3 atom stereocenters. The average molecular weight is 487 g/mol. The summed E-state index contributed by atoms with van der Waals surface area (Å²) < 4.78 is 32.7. The fourth-order valence-corrected chi connectivity index (χ4v) is 5.14. The number of carbonyl (C=O) groups is 3. The van der Waals surface area contributed by atoms with E-state index in [1.54, 1.807) is 6.92 Å². The Morgan fingerprint density at radius 1 is 1.09 bits per heavy atom. The van der Waals surface area contributed by atoms with E-state index in [9.17, 15) is 28.3 Å². The molecule has 2 aromatic rings. The summed E-state index contributed by atoms with van der Waals surface area (Å²) in [5.74, 6) is -2.41. The molecule has 1 fully saturated rings. The summed E-state index contributed by atoms with van der Waals surface area (Å²) in [7, 11) is 0. The second-order valence-electron chi connectivity index (χ2n) is 9.10. The fraction of sp³-hybridized carbons (Fsp3) is 0.423. The lowest BCUT2D eigenvalue weighted by Gasteiger charge is -2.38. The summed E-state index contributed by atoms with van der Waals surface area (Å²) in [5.41, 5.74) is 4.05. The van der Waals surface area contributed by atoms with Crippen molar-refractivity contribution in [1.29, 1.82) is 0 Å². The molecule has 2 N–H and O–H groups in total. The molecule has 4 rings (SSSR count). The Kier molecular flexibility index (Phi) is 7.33. The van der Waals surface area contributed by atoms with E-state index in [1.807, 2.05) is 48.5 Å². The summed E-state index contributed by atoms with van der Waals surface area (Å²) in [6.45, 7) is 1.85. The van der Waals surface area contributed by atoms with E-state index in [1.165, 1.54) is 0 Å². The number of aliphatic carboxylic acids is 1. The van der Waals surface area contributed by atoms with Gasteiger partial charge < -0.3 is 20.1 Å². The third kappa shape index (κ3) is 5.13. The minimum atomic E-state index is -3.02. The SMILES string of the molecule is CC1CCCN(C(=O)CC(NC(=O)OCC2c3ccccc3-c3ccccc32)C(F)F)C1C(=O)O. The number of carboxylic acids is 1. The molecule has 186 valence electrons. The maximum absolute atomic E-state index is 13.7. The van der Waals surface area contributed by atoms with Gasteiger partial charge in [0.15, 0.2) is 0 Å². The van der Waals surface area contributed by atoms with Gasteiger partial charge in [-0.2, -0.15) is 0 Å². The van der Waals surface area contributed by atoms with Crippen LogP contribution < -0.4 is 5.32 Å². The molecular weight excluding hydrogens is 458 g/mol. The summed E-state index contributed by atoms with van der Waals surface area (Å²) in [5, 5.41) is 11.6. The fourth-order valence-electron chi connectivity index (χ4n) is 5.14. The number of amides is 2. The zero-order valence-corrected chi connectivity index (χ0v) is 19.3. The number of alkyl carbamates (subject to hydrolysis) is 1. The lowest BCUT2D eigenvalue weighted by atomic mass is 9.90. The summed E-state index contributed by atoms with van der Waals surface area (Å²) >= 11 is 0. The highest BCUT2D eigenvalue weighted by Crippen LogP contribution is 2.44. The normalized spacial score (nSPS) is 20.2. The van der Waals surface area contributed by atoms with Crippen LogP contribution in [0, 0.1) is 5.92 Å². The Morgan fingerprint density at radius 2 is 1.69 bits per heavy atom. The number of piperidine rings is 1. The lowest BCUT2D eigenvalue weighted by Crippen LogP contribution is -2.54. The molecule has 2 aromatic carbocycles. The second kappa shape index (κ2) is 10.4. The molecule has 1 aliphatic heterocycles. The van der Waals surface area contributed by atoms with Gasteiger partial charge in [-0.05, 0) is 41.0 Å². The van der Waals surface area contributed by atoms with Crippen LogP contribution in [0.25, 0.3) is 11.1 Å². The molecule has 0 spiro atoms. The number of rotatable bonds is 7. The number of nitrogens with one attached hydrogen (secondary N) is 1. The smallest absolute Gasteiger partial charge is 0.407 e. The first kappa shape index (κ1) is 24.6. The van der Waals surface area contributed by atoms with Gasteiger partial charge in [0.1, 0.15) is 18.7 Å².